The molecule has 1 rings (SSSR count). The lowest BCUT2D eigenvalue weighted by Crippen LogP contribution is -2.05. The van der Waals surface area contributed by atoms with E-state index in [-0.39, 0.29) is 15.9 Å². The van der Waals surface area contributed by atoms with Crippen LogP contribution in [0.15, 0.2) is 16.6 Å². The minimum absolute atomic E-state index is 0.0359. The molecule has 0 atom stereocenters. The lowest BCUT2D eigenvalue weighted by Gasteiger charge is -2.05. The summed E-state index contributed by atoms with van der Waals surface area (Å²) < 4.78 is 17.6. The van der Waals surface area contributed by atoms with Gasteiger partial charge in [-0.1, -0.05) is 17.7 Å². The molecule has 0 radical (unpaired) electrons. The van der Waals surface area contributed by atoms with E-state index in [9.17, 15) is 9.18 Å². The first-order valence-electron chi connectivity index (χ1n) is 3.75. The van der Waals surface area contributed by atoms with Crippen molar-refractivity contribution in [3.05, 3.63) is 33.0 Å². The van der Waals surface area contributed by atoms with Crippen LogP contribution in [0.3, 0.4) is 0 Å². The van der Waals surface area contributed by atoms with E-state index in [4.69, 9.17) is 11.6 Å². The van der Waals surface area contributed by atoms with Gasteiger partial charge in [0.05, 0.1) is 23.0 Å². The Kier molecular flexibility index (Phi) is 3.89. The minimum atomic E-state index is -0.455. The van der Waals surface area contributed by atoms with Crippen molar-refractivity contribution in [3.63, 3.8) is 0 Å². The Morgan fingerprint density at radius 1 is 1.64 bits per heavy atom. The van der Waals surface area contributed by atoms with Gasteiger partial charge >= 0.3 is 5.97 Å². The molecule has 76 valence electrons. The number of carbonyl (C=O) groups is 1. The van der Waals surface area contributed by atoms with Gasteiger partial charge in [-0.3, -0.25) is 4.79 Å². The number of hydrogen-bond acceptors (Lipinski definition) is 2. The average molecular weight is 282 g/mol. The number of methoxy groups -OCH3 is 1. The Hall–Kier alpha value is -0.610. The molecule has 0 saturated carbocycles. The highest BCUT2D eigenvalue weighted by Crippen LogP contribution is 2.29. The fourth-order valence-corrected chi connectivity index (χ4v) is 1.54. The summed E-state index contributed by atoms with van der Waals surface area (Å²) in [6.07, 6.45) is 0.0359. The highest BCUT2D eigenvalue weighted by molar-refractivity contribution is 9.10. The normalized spacial score (nSPS) is 10.0. The summed E-state index contributed by atoms with van der Waals surface area (Å²) in [6, 6.07) is 2.70. The lowest BCUT2D eigenvalue weighted by molar-refractivity contribution is -0.139. The first kappa shape index (κ1) is 11.5. The second kappa shape index (κ2) is 4.75. The molecule has 0 heterocycles. The van der Waals surface area contributed by atoms with Crippen LogP contribution in [0.4, 0.5) is 4.39 Å². The molecule has 0 saturated heterocycles. The van der Waals surface area contributed by atoms with Gasteiger partial charge in [0.2, 0.25) is 0 Å². The molecule has 0 aliphatic heterocycles. The van der Waals surface area contributed by atoms with Gasteiger partial charge in [0.25, 0.3) is 0 Å². The number of esters is 1. The highest BCUT2D eigenvalue weighted by atomic mass is 79.9. The number of ether oxygens (including phenoxy) is 1. The number of carbonyl (C=O) groups excluding carboxylic acids is 1. The summed E-state index contributed by atoms with van der Waals surface area (Å²) in [5.74, 6) is -0.867. The van der Waals surface area contributed by atoms with Gasteiger partial charge in [0, 0.05) is 0 Å². The molecule has 0 fully saturated rings. The number of benzene rings is 1. The SMILES string of the molecule is COC(=O)Cc1ccc(F)c(Br)c1Cl. The Morgan fingerprint density at radius 3 is 2.86 bits per heavy atom. The summed E-state index contributed by atoms with van der Waals surface area (Å²) in [6.45, 7) is 0. The maximum atomic E-state index is 12.9. The van der Waals surface area contributed by atoms with Gasteiger partial charge in [-0.2, -0.15) is 0 Å². The molecule has 0 spiro atoms. The quantitative estimate of drug-likeness (QED) is 0.615. The first-order chi connectivity index (χ1) is 6.56. The van der Waals surface area contributed by atoms with Gasteiger partial charge in [-0.15, -0.1) is 0 Å². The second-order valence-corrected chi connectivity index (χ2v) is 3.76. The van der Waals surface area contributed by atoms with Crippen LogP contribution in [0.2, 0.25) is 5.02 Å². The standard InChI is InChI=1S/C9H7BrClFO2/c1-14-7(13)4-5-2-3-6(12)8(10)9(5)11/h2-3H,4H2,1H3. The van der Waals surface area contributed by atoms with E-state index in [1.807, 2.05) is 0 Å². The summed E-state index contributed by atoms with van der Waals surface area (Å²) in [7, 11) is 1.29. The molecule has 14 heavy (non-hydrogen) atoms. The third-order valence-corrected chi connectivity index (χ3v) is 3.11. The van der Waals surface area contributed by atoms with E-state index in [1.165, 1.54) is 19.2 Å². The third-order valence-electron chi connectivity index (χ3n) is 1.68. The van der Waals surface area contributed by atoms with E-state index >= 15 is 0 Å². The van der Waals surface area contributed by atoms with E-state index in [0.717, 1.165) is 0 Å². The van der Waals surface area contributed by atoms with Crippen LogP contribution in [0.5, 0.6) is 0 Å². The molecule has 0 bridgehead atoms. The van der Waals surface area contributed by atoms with Crippen LogP contribution < -0.4 is 0 Å². The van der Waals surface area contributed by atoms with Crippen molar-refractivity contribution in [2.24, 2.45) is 0 Å². The molecule has 0 unspecified atom stereocenters. The predicted octanol–water partition coefficient (Wildman–Crippen LogP) is 2.96. The molecular weight excluding hydrogens is 274 g/mol. The minimum Gasteiger partial charge on any atom is -0.469 e. The van der Waals surface area contributed by atoms with Crippen molar-refractivity contribution >= 4 is 33.5 Å². The molecule has 0 aliphatic carbocycles. The van der Waals surface area contributed by atoms with E-state index < -0.39 is 11.8 Å². The van der Waals surface area contributed by atoms with Crippen molar-refractivity contribution in [2.75, 3.05) is 7.11 Å². The maximum Gasteiger partial charge on any atom is 0.310 e. The summed E-state index contributed by atoms with van der Waals surface area (Å²) in [5, 5.41) is 0.204. The van der Waals surface area contributed by atoms with Gasteiger partial charge in [-0.05, 0) is 27.6 Å². The van der Waals surface area contributed by atoms with Crippen LogP contribution in [-0.4, -0.2) is 13.1 Å². The number of halogens is 3. The van der Waals surface area contributed by atoms with Crippen LogP contribution in [-0.2, 0) is 16.0 Å². The van der Waals surface area contributed by atoms with Gasteiger partial charge in [-0.25, -0.2) is 4.39 Å². The van der Waals surface area contributed by atoms with Crippen LogP contribution in [0.25, 0.3) is 0 Å². The topological polar surface area (TPSA) is 26.3 Å². The molecule has 1 aromatic carbocycles. The Morgan fingerprint density at radius 2 is 2.29 bits per heavy atom. The van der Waals surface area contributed by atoms with Crippen LogP contribution in [0, 0.1) is 5.82 Å². The van der Waals surface area contributed by atoms with Crippen molar-refractivity contribution in [1.29, 1.82) is 0 Å². The van der Waals surface area contributed by atoms with Crippen molar-refractivity contribution < 1.29 is 13.9 Å². The largest absolute Gasteiger partial charge is 0.469 e. The van der Waals surface area contributed by atoms with Crippen molar-refractivity contribution in [1.82, 2.24) is 0 Å². The van der Waals surface area contributed by atoms with Gasteiger partial charge in [0.15, 0.2) is 0 Å². The zero-order valence-corrected chi connectivity index (χ0v) is 9.65. The monoisotopic (exact) mass is 280 g/mol. The van der Waals surface area contributed by atoms with Crippen LogP contribution >= 0.6 is 27.5 Å². The van der Waals surface area contributed by atoms with Gasteiger partial charge < -0.3 is 4.74 Å². The maximum absolute atomic E-state index is 12.9. The zero-order valence-electron chi connectivity index (χ0n) is 7.31. The molecule has 0 aromatic heterocycles. The first-order valence-corrected chi connectivity index (χ1v) is 4.92. The summed E-state index contributed by atoms with van der Waals surface area (Å²) >= 11 is 8.79. The van der Waals surface area contributed by atoms with Gasteiger partial charge in [0.1, 0.15) is 5.82 Å². The predicted molar refractivity (Wildman–Crippen MR) is 54.8 cm³/mol. The second-order valence-electron chi connectivity index (χ2n) is 2.59. The summed E-state index contributed by atoms with van der Waals surface area (Å²) in [5.41, 5.74) is 0.534. The fourth-order valence-electron chi connectivity index (χ4n) is 0.930. The molecule has 2 nitrogen and oxygen atoms in total. The van der Waals surface area contributed by atoms with E-state index in [1.54, 1.807) is 0 Å². The number of rotatable bonds is 2. The Bertz CT molecular complexity index is 368. The van der Waals surface area contributed by atoms with Crippen LogP contribution in [0.1, 0.15) is 5.56 Å². The molecule has 0 amide bonds. The molecular formula is C9H7BrClFO2. The highest BCUT2D eigenvalue weighted by Gasteiger charge is 2.12. The summed E-state index contributed by atoms with van der Waals surface area (Å²) in [4.78, 5) is 10.9. The van der Waals surface area contributed by atoms with E-state index in [2.05, 4.69) is 20.7 Å². The smallest absolute Gasteiger partial charge is 0.310 e. The zero-order chi connectivity index (χ0) is 10.7. The van der Waals surface area contributed by atoms with Crippen molar-refractivity contribution in [2.45, 2.75) is 6.42 Å². The molecule has 1 aromatic rings. The fraction of sp³-hybridized carbons (Fsp3) is 0.222. The lowest BCUT2D eigenvalue weighted by atomic mass is 10.1. The Balaban J connectivity index is 3.00. The van der Waals surface area contributed by atoms with Crippen molar-refractivity contribution in [3.8, 4) is 0 Å². The Labute approximate surface area is 94.1 Å². The molecule has 5 heteroatoms. The molecule has 0 aliphatic rings. The molecule has 0 N–H and O–H groups in total. The number of hydrogen-bond donors (Lipinski definition) is 0. The average Bonchev–Trinajstić information content (AvgIpc) is 2.19. The van der Waals surface area contributed by atoms with E-state index in [0.29, 0.717) is 5.56 Å². The third kappa shape index (κ3) is 2.45.